The first-order chi connectivity index (χ1) is 10.1. The summed E-state index contributed by atoms with van der Waals surface area (Å²) in [5.74, 6) is 0.945. The van der Waals surface area contributed by atoms with E-state index in [0.717, 1.165) is 18.6 Å². The van der Waals surface area contributed by atoms with Crippen molar-refractivity contribution in [2.75, 3.05) is 0 Å². The molecule has 0 aromatic heterocycles. The Balaban J connectivity index is 1.72. The third-order valence-electron chi connectivity index (χ3n) is 4.45. The van der Waals surface area contributed by atoms with Gasteiger partial charge in [-0.15, -0.1) is 0 Å². The van der Waals surface area contributed by atoms with E-state index in [-0.39, 0.29) is 6.04 Å². The lowest BCUT2D eigenvalue weighted by atomic mass is 9.88. The van der Waals surface area contributed by atoms with Crippen molar-refractivity contribution < 1.29 is 4.74 Å². The highest BCUT2D eigenvalue weighted by Crippen LogP contribution is 2.30. The zero-order chi connectivity index (χ0) is 14.8. The summed E-state index contributed by atoms with van der Waals surface area (Å²) in [4.78, 5) is 0. The molecule has 3 rings (SSSR count). The molecular weight excluding hydrogens is 258 g/mol. The van der Waals surface area contributed by atoms with Crippen molar-refractivity contribution >= 4 is 0 Å². The van der Waals surface area contributed by atoms with Gasteiger partial charge in [-0.05, 0) is 73.1 Å². The molecule has 0 amide bonds. The van der Waals surface area contributed by atoms with Crippen molar-refractivity contribution in [2.24, 2.45) is 5.73 Å². The Morgan fingerprint density at radius 3 is 2.76 bits per heavy atom. The third kappa shape index (κ3) is 3.11. The molecule has 1 unspecified atom stereocenters. The van der Waals surface area contributed by atoms with Gasteiger partial charge in [-0.2, -0.15) is 0 Å². The van der Waals surface area contributed by atoms with Gasteiger partial charge in [0.15, 0.2) is 0 Å². The average Bonchev–Trinajstić information content (AvgIpc) is 2.49. The van der Waals surface area contributed by atoms with Crippen LogP contribution in [0.4, 0.5) is 0 Å². The van der Waals surface area contributed by atoms with Crippen LogP contribution in [0.15, 0.2) is 36.4 Å². The van der Waals surface area contributed by atoms with Crippen molar-refractivity contribution in [1.29, 1.82) is 0 Å². The Bertz CT molecular complexity index is 648. The Morgan fingerprint density at radius 2 is 1.95 bits per heavy atom. The van der Waals surface area contributed by atoms with Crippen LogP contribution in [0.3, 0.4) is 0 Å². The second-order valence-electron chi connectivity index (χ2n) is 6.07. The fourth-order valence-corrected chi connectivity index (χ4v) is 2.98. The number of aryl methyl sites for hydroxylation is 3. The van der Waals surface area contributed by atoms with Gasteiger partial charge in [0, 0.05) is 6.04 Å². The first-order valence-electron chi connectivity index (χ1n) is 7.71. The highest BCUT2D eigenvalue weighted by atomic mass is 16.5. The summed E-state index contributed by atoms with van der Waals surface area (Å²) >= 11 is 0. The predicted molar refractivity (Wildman–Crippen MR) is 86.6 cm³/mol. The number of ether oxygens (including phenoxy) is 1. The number of nitrogens with two attached hydrogens (primary N) is 1. The van der Waals surface area contributed by atoms with Crippen molar-refractivity contribution in [3.8, 4) is 5.75 Å². The highest BCUT2D eigenvalue weighted by Gasteiger charge is 2.16. The average molecular weight is 281 g/mol. The summed E-state index contributed by atoms with van der Waals surface area (Å²) in [6.07, 6.45) is 3.38. The topological polar surface area (TPSA) is 35.2 Å². The van der Waals surface area contributed by atoms with E-state index in [0.29, 0.717) is 6.61 Å². The van der Waals surface area contributed by atoms with Gasteiger partial charge in [0.25, 0.3) is 0 Å². The van der Waals surface area contributed by atoms with Gasteiger partial charge < -0.3 is 10.5 Å². The maximum atomic E-state index is 6.15. The lowest BCUT2D eigenvalue weighted by Gasteiger charge is -2.22. The van der Waals surface area contributed by atoms with Crippen LogP contribution in [-0.2, 0) is 13.0 Å². The minimum absolute atomic E-state index is 0.197. The van der Waals surface area contributed by atoms with Gasteiger partial charge in [-0.3, -0.25) is 0 Å². The third-order valence-corrected chi connectivity index (χ3v) is 4.45. The molecule has 21 heavy (non-hydrogen) atoms. The smallest absolute Gasteiger partial charge is 0.120 e. The molecular formula is C19H23NO. The zero-order valence-electron chi connectivity index (χ0n) is 12.9. The molecule has 1 aliphatic carbocycles. The molecule has 0 fully saturated rings. The van der Waals surface area contributed by atoms with Crippen LogP contribution in [0.5, 0.6) is 5.75 Å². The zero-order valence-corrected chi connectivity index (χ0v) is 12.9. The molecule has 0 saturated heterocycles. The van der Waals surface area contributed by atoms with Crippen molar-refractivity contribution in [3.05, 3.63) is 64.2 Å². The second-order valence-corrected chi connectivity index (χ2v) is 6.07. The van der Waals surface area contributed by atoms with E-state index in [4.69, 9.17) is 10.5 Å². The molecule has 0 heterocycles. The molecule has 2 aromatic rings. The van der Waals surface area contributed by atoms with Crippen LogP contribution in [0.25, 0.3) is 0 Å². The normalized spacial score (nSPS) is 17.4. The Hall–Kier alpha value is -1.80. The fourth-order valence-electron chi connectivity index (χ4n) is 2.98. The molecule has 0 spiro atoms. The van der Waals surface area contributed by atoms with Crippen molar-refractivity contribution in [1.82, 2.24) is 0 Å². The van der Waals surface area contributed by atoms with E-state index < -0.39 is 0 Å². The van der Waals surface area contributed by atoms with Gasteiger partial charge >= 0.3 is 0 Å². The summed E-state index contributed by atoms with van der Waals surface area (Å²) in [7, 11) is 0. The van der Waals surface area contributed by atoms with Gasteiger partial charge in [0.05, 0.1) is 0 Å². The molecule has 1 aliphatic rings. The molecule has 0 aliphatic heterocycles. The number of hydrogen-bond donors (Lipinski definition) is 1. The van der Waals surface area contributed by atoms with Gasteiger partial charge in [-0.25, -0.2) is 0 Å². The highest BCUT2D eigenvalue weighted by molar-refractivity contribution is 5.39. The van der Waals surface area contributed by atoms with Crippen LogP contribution >= 0.6 is 0 Å². The molecule has 2 aromatic carbocycles. The lowest BCUT2D eigenvalue weighted by Crippen LogP contribution is -2.17. The first-order valence-corrected chi connectivity index (χ1v) is 7.71. The van der Waals surface area contributed by atoms with E-state index in [2.05, 4.69) is 44.2 Å². The van der Waals surface area contributed by atoms with E-state index in [9.17, 15) is 0 Å². The van der Waals surface area contributed by atoms with E-state index in [1.807, 2.05) is 6.07 Å². The molecule has 110 valence electrons. The number of benzene rings is 2. The largest absolute Gasteiger partial charge is 0.489 e. The van der Waals surface area contributed by atoms with Gasteiger partial charge in [-0.1, -0.05) is 24.3 Å². The predicted octanol–water partition coefficient (Wildman–Crippen LogP) is 4.22. The molecule has 2 nitrogen and oxygen atoms in total. The quantitative estimate of drug-likeness (QED) is 0.914. The summed E-state index contributed by atoms with van der Waals surface area (Å²) in [6.45, 7) is 4.89. The number of fused-ring (bicyclic) bond motifs is 1. The van der Waals surface area contributed by atoms with Crippen LogP contribution in [0, 0.1) is 13.8 Å². The number of hydrogen-bond acceptors (Lipinski definition) is 2. The lowest BCUT2D eigenvalue weighted by molar-refractivity contribution is 0.305. The molecule has 2 N–H and O–H groups in total. The van der Waals surface area contributed by atoms with Gasteiger partial charge in [0.2, 0.25) is 0 Å². The molecule has 1 atom stereocenters. The minimum Gasteiger partial charge on any atom is -0.489 e. The van der Waals surface area contributed by atoms with Crippen LogP contribution < -0.4 is 10.5 Å². The van der Waals surface area contributed by atoms with E-state index >= 15 is 0 Å². The monoisotopic (exact) mass is 281 g/mol. The second kappa shape index (κ2) is 5.90. The summed E-state index contributed by atoms with van der Waals surface area (Å²) in [6, 6.07) is 13.0. The summed E-state index contributed by atoms with van der Waals surface area (Å²) in [5.41, 5.74) is 12.6. The minimum atomic E-state index is 0.197. The fraction of sp³-hybridized carbons (Fsp3) is 0.368. The van der Waals surface area contributed by atoms with E-state index in [1.54, 1.807) is 0 Å². The maximum absolute atomic E-state index is 6.15. The van der Waals surface area contributed by atoms with Crippen molar-refractivity contribution in [2.45, 2.75) is 45.8 Å². The SMILES string of the molecule is Cc1ccc(COc2ccc3c(c2)CCCC3N)cc1C. The van der Waals surface area contributed by atoms with Gasteiger partial charge in [0.1, 0.15) is 12.4 Å². The van der Waals surface area contributed by atoms with Crippen LogP contribution in [0.1, 0.15) is 46.7 Å². The summed E-state index contributed by atoms with van der Waals surface area (Å²) in [5, 5.41) is 0. The molecule has 0 bridgehead atoms. The first kappa shape index (κ1) is 14.2. The van der Waals surface area contributed by atoms with E-state index in [1.165, 1.54) is 34.2 Å². The van der Waals surface area contributed by atoms with Crippen LogP contribution in [0.2, 0.25) is 0 Å². The molecule has 2 heteroatoms. The number of rotatable bonds is 3. The Morgan fingerprint density at radius 1 is 1.10 bits per heavy atom. The Labute approximate surface area is 126 Å². The van der Waals surface area contributed by atoms with Crippen LogP contribution in [-0.4, -0.2) is 0 Å². The summed E-state index contributed by atoms with van der Waals surface area (Å²) < 4.78 is 5.95. The maximum Gasteiger partial charge on any atom is 0.120 e. The van der Waals surface area contributed by atoms with Crippen molar-refractivity contribution in [3.63, 3.8) is 0 Å². The standard InChI is InChI=1S/C19H23NO/c1-13-6-7-15(10-14(13)2)12-21-17-8-9-18-16(11-17)4-3-5-19(18)20/h6-11,19H,3-5,12,20H2,1-2H3. The molecule has 0 radical (unpaired) electrons. The molecule has 0 saturated carbocycles. The Kier molecular flexibility index (Phi) is 3.98.